The van der Waals surface area contributed by atoms with Gasteiger partial charge in [0.1, 0.15) is 17.2 Å². The molecule has 0 spiro atoms. The number of nitrogens with one attached hydrogen (secondary N) is 1. The second-order valence-corrected chi connectivity index (χ2v) is 12.0. The molecule has 0 radical (unpaired) electrons. The number of hydrogen-bond acceptors (Lipinski definition) is 5. The Labute approximate surface area is 242 Å². The normalized spacial score (nSPS) is 11.6. The highest BCUT2D eigenvalue weighted by Crippen LogP contribution is 2.42. The van der Waals surface area contributed by atoms with Crippen LogP contribution in [0.3, 0.4) is 0 Å². The highest BCUT2D eigenvalue weighted by Gasteiger charge is 2.26. The number of benzene rings is 4. The smallest absolute Gasteiger partial charge is 0.255 e. The van der Waals surface area contributed by atoms with E-state index in [2.05, 4.69) is 10.3 Å². The van der Waals surface area contributed by atoms with Crippen molar-refractivity contribution >= 4 is 43.5 Å². The molecule has 42 heavy (non-hydrogen) atoms. The van der Waals surface area contributed by atoms with Crippen LogP contribution in [0, 0.1) is 5.82 Å². The molecule has 0 atom stereocenters. The molecule has 1 amide bonds. The zero-order chi connectivity index (χ0) is 29.6. The highest BCUT2D eigenvalue weighted by atomic mass is 32.2. The topological polar surface area (TPSA) is 92.5 Å². The first-order chi connectivity index (χ1) is 20.1. The van der Waals surface area contributed by atoms with Gasteiger partial charge in [-0.25, -0.2) is 12.8 Å². The Kier molecular flexibility index (Phi) is 6.74. The number of sulfonamides is 1. The number of furan rings is 1. The quantitative estimate of drug-likeness (QED) is 0.232. The molecule has 2 aromatic heterocycles. The van der Waals surface area contributed by atoms with E-state index in [-0.39, 0.29) is 17.2 Å². The van der Waals surface area contributed by atoms with Gasteiger partial charge in [0, 0.05) is 48.3 Å². The summed E-state index contributed by atoms with van der Waals surface area (Å²) in [7, 11) is -0.668. The summed E-state index contributed by atoms with van der Waals surface area (Å²) in [6, 6.07) is 26.7. The summed E-state index contributed by atoms with van der Waals surface area (Å²) >= 11 is 0. The molecule has 1 N–H and O–H groups in total. The van der Waals surface area contributed by atoms with E-state index in [9.17, 15) is 17.6 Å². The van der Waals surface area contributed by atoms with Crippen LogP contribution < -0.4 is 9.62 Å². The number of rotatable bonds is 6. The summed E-state index contributed by atoms with van der Waals surface area (Å²) in [6.45, 7) is 0. The van der Waals surface area contributed by atoms with E-state index in [1.54, 1.807) is 18.3 Å². The Bertz CT molecular complexity index is 2100. The van der Waals surface area contributed by atoms with Crippen LogP contribution in [0.1, 0.15) is 10.4 Å². The summed E-state index contributed by atoms with van der Waals surface area (Å²) < 4.78 is 46.5. The molecule has 4 aromatic carbocycles. The van der Waals surface area contributed by atoms with Gasteiger partial charge in [0.25, 0.3) is 5.91 Å². The number of carbonyl (C=O) groups is 1. The van der Waals surface area contributed by atoms with E-state index >= 15 is 0 Å². The third-order valence-electron chi connectivity index (χ3n) is 7.32. The van der Waals surface area contributed by atoms with Crippen molar-refractivity contribution < 1.29 is 22.0 Å². The van der Waals surface area contributed by atoms with Crippen molar-refractivity contribution in [2.24, 2.45) is 0 Å². The molecule has 0 bridgehead atoms. The van der Waals surface area contributed by atoms with Crippen molar-refractivity contribution in [3.05, 3.63) is 109 Å². The van der Waals surface area contributed by atoms with Crippen LogP contribution in [0.4, 0.5) is 10.1 Å². The largest absolute Gasteiger partial charge is 0.455 e. The predicted molar refractivity (Wildman–Crippen MR) is 164 cm³/mol. The van der Waals surface area contributed by atoms with Gasteiger partial charge in [-0.1, -0.05) is 36.4 Å². The average Bonchev–Trinajstić information content (AvgIpc) is 3.37. The molecule has 210 valence electrons. The van der Waals surface area contributed by atoms with Crippen molar-refractivity contribution in [3.63, 3.8) is 0 Å². The molecule has 6 aromatic rings. The second kappa shape index (κ2) is 10.4. The summed E-state index contributed by atoms with van der Waals surface area (Å²) in [6.07, 6.45) is 2.88. The molecule has 6 rings (SSSR count). The van der Waals surface area contributed by atoms with Crippen molar-refractivity contribution in [3.8, 4) is 33.6 Å². The third-order valence-corrected chi connectivity index (χ3v) is 8.51. The van der Waals surface area contributed by atoms with E-state index in [1.165, 1.54) is 42.7 Å². The number of halogens is 1. The lowest BCUT2D eigenvalue weighted by molar-refractivity contribution is 0.0964. The molecule has 0 aliphatic carbocycles. The van der Waals surface area contributed by atoms with E-state index in [1.807, 2.05) is 54.6 Å². The SMILES string of the molecule is CNC(=O)c1c(-c2ccc(F)cc2)oc2cc(N(C)S(C)(=O)=O)c(-c3cccc(-c4ccc5cccnc5c4)c3)cc12. The fourth-order valence-corrected chi connectivity index (χ4v) is 5.58. The van der Waals surface area contributed by atoms with Gasteiger partial charge in [-0.15, -0.1) is 0 Å². The summed E-state index contributed by atoms with van der Waals surface area (Å²) in [5.41, 5.74) is 5.55. The standard InChI is InChI=1S/C33H26FN3O4S/c1-35-33(38)31-27-18-26(24-7-4-6-22(16-24)23-10-9-20-8-5-15-36-28(20)17-23)29(37(2)42(3,39)40)19-30(27)41-32(31)21-11-13-25(34)14-12-21/h4-19H,1-3H3,(H,35,38). The number of carbonyl (C=O) groups excluding carboxylic acids is 1. The molecule has 7 nitrogen and oxygen atoms in total. The number of aromatic nitrogens is 1. The fraction of sp³-hybridized carbons (Fsp3) is 0.0909. The molecule has 0 saturated carbocycles. The van der Waals surface area contributed by atoms with Crippen LogP contribution in [-0.2, 0) is 10.0 Å². The van der Waals surface area contributed by atoms with Crippen LogP contribution in [0.25, 0.3) is 55.4 Å². The molecular formula is C33H26FN3O4S. The average molecular weight is 580 g/mol. The Morgan fingerprint density at radius 2 is 1.60 bits per heavy atom. The lowest BCUT2D eigenvalue weighted by atomic mass is 9.95. The number of fused-ring (bicyclic) bond motifs is 2. The number of hydrogen-bond donors (Lipinski definition) is 1. The van der Waals surface area contributed by atoms with Crippen LogP contribution in [0.2, 0.25) is 0 Å². The lowest BCUT2D eigenvalue weighted by Crippen LogP contribution is -2.25. The molecule has 9 heteroatoms. The maximum atomic E-state index is 13.7. The van der Waals surface area contributed by atoms with Crippen molar-refractivity contribution in [2.75, 3.05) is 24.7 Å². The van der Waals surface area contributed by atoms with E-state index < -0.39 is 15.8 Å². The van der Waals surface area contributed by atoms with Crippen molar-refractivity contribution in [2.45, 2.75) is 0 Å². The van der Waals surface area contributed by atoms with Gasteiger partial charge >= 0.3 is 0 Å². The van der Waals surface area contributed by atoms with Crippen molar-refractivity contribution in [1.82, 2.24) is 10.3 Å². The van der Waals surface area contributed by atoms with Crippen molar-refractivity contribution in [1.29, 1.82) is 0 Å². The second-order valence-electron chi connectivity index (χ2n) is 9.98. The van der Waals surface area contributed by atoms with Crippen LogP contribution in [0.5, 0.6) is 0 Å². The summed E-state index contributed by atoms with van der Waals surface area (Å²) in [5, 5.41) is 4.18. The van der Waals surface area contributed by atoms with Crippen LogP contribution in [0.15, 0.2) is 102 Å². The van der Waals surface area contributed by atoms with Crippen LogP contribution >= 0.6 is 0 Å². The summed E-state index contributed by atoms with van der Waals surface area (Å²) in [4.78, 5) is 17.6. The Morgan fingerprint density at radius 3 is 2.33 bits per heavy atom. The Balaban J connectivity index is 1.60. The third kappa shape index (κ3) is 4.88. The lowest BCUT2D eigenvalue weighted by Gasteiger charge is -2.21. The minimum atomic E-state index is -3.66. The van der Waals surface area contributed by atoms with Gasteiger partial charge < -0.3 is 9.73 Å². The van der Waals surface area contributed by atoms with Gasteiger partial charge in [-0.2, -0.15) is 0 Å². The Hall–Kier alpha value is -5.02. The number of nitrogens with zero attached hydrogens (tertiary/aromatic N) is 2. The molecule has 0 aliphatic rings. The minimum Gasteiger partial charge on any atom is -0.455 e. The molecule has 0 aliphatic heterocycles. The molecular weight excluding hydrogens is 553 g/mol. The van der Waals surface area contributed by atoms with Gasteiger partial charge in [-0.3, -0.25) is 14.1 Å². The number of anilines is 1. The first-order valence-electron chi connectivity index (χ1n) is 13.1. The van der Waals surface area contributed by atoms with Gasteiger partial charge in [0.15, 0.2) is 0 Å². The van der Waals surface area contributed by atoms with E-state index in [0.717, 1.165) is 33.8 Å². The zero-order valence-electron chi connectivity index (χ0n) is 23.1. The van der Waals surface area contributed by atoms with Gasteiger partial charge in [-0.05, 0) is 65.2 Å². The summed E-state index contributed by atoms with van der Waals surface area (Å²) in [5.74, 6) is -0.551. The first kappa shape index (κ1) is 27.2. The maximum absolute atomic E-state index is 13.7. The maximum Gasteiger partial charge on any atom is 0.255 e. The predicted octanol–water partition coefficient (Wildman–Crippen LogP) is 6.88. The fourth-order valence-electron chi connectivity index (χ4n) is 5.07. The highest BCUT2D eigenvalue weighted by molar-refractivity contribution is 7.92. The number of amides is 1. The first-order valence-corrected chi connectivity index (χ1v) is 15.0. The molecule has 0 saturated heterocycles. The molecule has 0 fully saturated rings. The monoisotopic (exact) mass is 579 g/mol. The Morgan fingerprint density at radius 1 is 0.881 bits per heavy atom. The van der Waals surface area contributed by atoms with Gasteiger partial charge in [0.2, 0.25) is 10.0 Å². The minimum absolute atomic E-state index is 0.256. The molecule has 2 heterocycles. The van der Waals surface area contributed by atoms with E-state index in [4.69, 9.17) is 4.42 Å². The zero-order valence-corrected chi connectivity index (χ0v) is 23.9. The molecule has 0 unspecified atom stereocenters. The number of pyridine rings is 1. The van der Waals surface area contributed by atoms with Crippen LogP contribution in [-0.4, -0.2) is 39.7 Å². The van der Waals surface area contributed by atoms with Gasteiger partial charge in [0.05, 0.1) is 23.0 Å². The van der Waals surface area contributed by atoms with E-state index in [0.29, 0.717) is 27.8 Å².